The zero-order chi connectivity index (χ0) is 17.6. The van der Waals surface area contributed by atoms with E-state index >= 15 is 0 Å². The summed E-state index contributed by atoms with van der Waals surface area (Å²) in [5.74, 6) is -1.01. The maximum absolute atomic E-state index is 13.8. The van der Waals surface area contributed by atoms with Crippen LogP contribution in [0.2, 0.25) is 0 Å². The Morgan fingerprint density at radius 3 is 2.68 bits per heavy atom. The topological polar surface area (TPSA) is 54.9 Å². The van der Waals surface area contributed by atoms with Crippen LogP contribution in [0, 0.1) is 11.6 Å². The lowest BCUT2D eigenvalue weighted by molar-refractivity contribution is -0.913. The lowest BCUT2D eigenvalue weighted by atomic mass is 10.0. The van der Waals surface area contributed by atoms with E-state index in [9.17, 15) is 13.9 Å². The minimum atomic E-state index is -0.867. The highest BCUT2D eigenvalue weighted by molar-refractivity contribution is 7.17. The standard InChI is InChI=1S/C17H18F2N4OS/c1-2-13-20-17-23(21-13)16(24)15(25-17)14(22-7-3-4-8-22)10-5-6-11(18)12(19)9-10/h5-6,9,14,24H,2-4,7-8H2,1H3/p+1/t14-/m1/s1. The maximum atomic E-state index is 13.8. The molecule has 0 bridgehead atoms. The number of hydrogen-bond donors (Lipinski definition) is 2. The van der Waals surface area contributed by atoms with E-state index in [1.165, 1.54) is 26.8 Å². The minimum absolute atomic E-state index is 0.0429. The highest BCUT2D eigenvalue weighted by Crippen LogP contribution is 2.35. The first kappa shape index (κ1) is 16.4. The minimum Gasteiger partial charge on any atom is -0.492 e. The van der Waals surface area contributed by atoms with Crippen molar-refractivity contribution in [2.75, 3.05) is 13.1 Å². The molecule has 0 amide bonds. The summed E-state index contributed by atoms with van der Waals surface area (Å²) in [5, 5.41) is 15.0. The summed E-state index contributed by atoms with van der Waals surface area (Å²) in [6.45, 7) is 3.81. The zero-order valence-electron chi connectivity index (χ0n) is 13.8. The van der Waals surface area contributed by atoms with Crippen molar-refractivity contribution < 1.29 is 18.8 Å². The number of quaternary nitrogens is 1. The molecular formula is C17H19F2N4OS+. The van der Waals surface area contributed by atoms with Crippen LogP contribution in [0.25, 0.3) is 4.96 Å². The second kappa shape index (κ2) is 6.34. The number of aromatic nitrogens is 3. The molecule has 1 atom stereocenters. The Bertz CT molecular complexity index is 917. The molecule has 2 aromatic heterocycles. The fraction of sp³-hybridized carbons (Fsp3) is 0.412. The number of hydrogen-bond acceptors (Lipinski definition) is 4. The molecule has 0 spiro atoms. The first-order valence-corrected chi connectivity index (χ1v) is 9.27. The van der Waals surface area contributed by atoms with Crippen molar-refractivity contribution in [3.63, 3.8) is 0 Å². The summed E-state index contributed by atoms with van der Waals surface area (Å²) in [5.41, 5.74) is 0.659. The number of thiazole rings is 1. The van der Waals surface area contributed by atoms with Crippen LogP contribution in [0.1, 0.15) is 42.1 Å². The van der Waals surface area contributed by atoms with Gasteiger partial charge in [0.05, 0.1) is 13.1 Å². The van der Waals surface area contributed by atoms with Gasteiger partial charge < -0.3 is 10.0 Å². The van der Waals surface area contributed by atoms with Gasteiger partial charge in [-0.25, -0.2) is 13.8 Å². The first-order valence-electron chi connectivity index (χ1n) is 8.45. The van der Waals surface area contributed by atoms with Gasteiger partial charge in [0, 0.05) is 24.8 Å². The van der Waals surface area contributed by atoms with Crippen LogP contribution in [0.5, 0.6) is 5.88 Å². The van der Waals surface area contributed by atoms with Crippen molar-refractivity contribution in [2.45, 2.75) is 32.2 Å². The van der Waals surface area contributed by atoms with Crippen molar-refractivity contribution in [3.8, 4) is 5.88 Å². The molecule has 0 aliphatic carbocycles. The van der Waals surface area contributed by atoms with Gasteiger partial charge in [-0.15, -0.1) is 5.10 Å². The third-order valence-corrected chi connectivity index (χ3v) is 5.84. The van der Waals surface area contributed by atoms with E-state index in [-0.39, 0.29) is 11.9 Å². The molecule has 132 valence electrons. The third kappa shape index (κ3) is 2.79. The number of likely N-dealkylation sites (tertiary alicyclic amines) is 1. The van der Waals surface area contributed by atoms with Crippen LogP contribution < -0.4 is 4.90 Å². The zero-order valence-corrected chi connectivity index (χ0v) is 14.6. The van der Waals surface area contributed by atoms with Gasteiger partial charge in [-0.05, 0) is 18.2 Å². The van der Waals surface area contributed by atoms with Crippen LogP contribution >= 0.6 is 11.3 Å². The van der Waals surface area contributed by atoms with E-state index in [1.54, 1.807) is 6.07 Å². The smallest absolute Gasteiger partial charge is 0.235 e. The van der Waals surface area contributed by atoms with E-state index in [1.807, 2.05) is 6.92 Å². The van der Waals surface area contributed by atoms with Crippen molar-refractivity contribution in [2.24, 2.45) is 0 Å². The predicted molar refractivity (Wildman–Crippen MR) is 90.0 cm³/mol. The number of nitrogens with zero attached hydrogens (tertiary/aromatic N) is 3. The quantitative estimate of drug-likeness (QED) is 0.745. The maximum Gasteiger partial charge on any atom is 0.235 e. The summed E-state index contributed by atoms with van der Waals surface area (Å²) in [6.07, 6.45) is 2.85. The molecule has 5 nitrogen and oxygen atoms in total. The summed E-state index contributed by atoms with van der Waals surface area (Å²) >= 11 is 1.36. The van der Waals surface area contributed by atoms with Gasteiger partial charge in [-0.1, -0.05) is 18.3 Å². The number of nitrogens with one attached hydrogen (secondary N) is 1. The molecule has 2 N–H and O–H groups in total. The van der Waals surface area contributed by atoms with Crippen LogP contribution in [-0.4, -0.2) is 32.8 Å². The molecule has 0 saturated carbocycles. The molecule has 0 radical (unpaired) electrons. The second-order valence-electron chi connectivity index (χ2n) is 6.34. The van der Waals surface area contributed by atoms with Gasteiger partial charge in [-0.2, -0.15) is 4.52 Å². The molecule has 1 saturated heterocycles. The SMILES string of the molecule is CCc1nc2sc([C@@H](c3ccc(F)c(F)c3)[NH+]3CCCC3)c(O)n2n1. The van der Waals surface area contributed by atoms with E-state index in [0.717, 1.165) is 32.0 Å². The Morgan fingerprint density at radius 2 is 2.04 bits per heavy atom. The van der Waals surface area contributed by atoms with Crippen LogP contribution in [0.4, 0.5) is 8.78 Å². The van der Waals surface area contributed by atoms with Gasteiger partial charge in [0.1, 0.15) is 4.88 Å². The van der Waals surface area contributed by atoms with Crippen molar-refractivity contribution >= 4 is 16.3 Å². The Morgan fingerprint density at radius 1 is 1.28 bits per heavy atom. The van der Waals surface area contributed by atoms with Crippen LogP contribution in [0.3, 0.4) is 0 Å². The van der Waals surface area contributed by atoms with Gasteiger partial charge in [0.15, 0.2) is 23.5 Å². The normalized spacial score (nSPS) is 16.8. The van der Waals surface area contributed by atoms with Gasteiger partial charge in [0.2, 0.25) is 10.8 Å². The molecule has 1 fully saturated rings. The fourth-order valence-corrected chi connectivity index (χ4v) is 4.67. The molecule has 4 rings (SSSR count). The first-order chi connectivity index (χ1) is 12.1. The molecule has 1 aromatic carbocycles. The highest BCUT2D eigenvalue weighted by atomic mass is 32.1. The summed E-state index contributed by atoms with van der Waals surface area (Å²) < 4.78 is 28.6. The Balaban J connectivity index is 1.84. The average Bonchev–Trinajstić information content (AvgIpc) is 3.31. The van der Waals surface area contributed by atoms with E-state index in [4.69, 9.17) is 0 Å². The lowest BCUT2D eigenvalue weighted by Gasteiger charge is -2.24. The van der Waals surface area contributed by atoms with E-state index < -0.39 is 11.6 Å². The molecule has 1 aliphatic rings. The second-order valence-corrected chi connectivity index (χ2v) is 7.35. The predicted octanol–water partition coefficient (Wildman–Crippen LogP) is 2.11. The third-order valence-electron chi connectivity index (χ3n) is 4.75. The van der Waals surface area contributed by atoms with Crippen molar-refractivity contribution in [3.05, 3.63) is 46.1 Å². The van der Waals surface area contributed by atoms with Crippen LogP contribution in [0.15, 0.2) is 18.2 Å². The number of rotatable bonds is 4. The number of aryl methyl sites for hydroxylation is 1. The number of halogens is 2. The molecule has 0 unspecified atom stereocenters. The molecule has 3 aromatic rings. The number of aromatic hydroxyl groups is 1. The van der Waals surface area contributed by atoms with Crippen LogP contribution in [-0.2, 0) is 6.42 Å². The highest BCUT2D eigenvalue weighted by Gasteiger charge is 2.35. The van der Waals surface area contributed by atoms with Crippen molar-refractivity contribution in [1.29, 1.82) is 0 Å². The Labute approximate surface area is 147 Å². The summed E-state index contributed by atoms with van der Waals surface area (Å²) in [7, 11) is 0. The number of fused-ring (bicyclic) bond motifs is 1. The fourth-order valence-electron chi connectivity index (χ4n) is 3.51. The lowest BCUT2D eigenvalue weighted by Crippen LogP contribution is -3.10. The van der Waals surface area contributed by atoms with Gasteiger partial charge in [0.25, 0.3) is 0 Å². The van der Waals surface area contributed by atoms with E-state index in [2.05, 4.69) is 10.1 Å². The molecule has 8 heteroatoms. The summed E-state index contributed by atoms with van der Waals surface area (Å²) in [4.78, 5) is 6.97. The molecule has 3 heterocycles. The monoisotopic (exact) mass is 365 g/mol. The van der Waals surface area contributed by atoms with E-state index in [0.29, 0.717) is 27.6 Å². The molecular weight excluding hydrogens is 346 g/mol. The summed E-state index contributed by atoms with van der Waals surface area (Å²) in [6, 6.07) is 3.73. The Kier molecular flexibility index (Phi) is 4.16. The average molecular weight is 365 g/mol. The van der Waals surface area contributed by atoms with Crippen molar-refractivity contribution in [1.82, 2.24) is 14.6 Å². The molecule has 25 heavy (non-hydrogen) atoms. The molecule has 1 aliphatic heterocycles. The van der Waals surface area contributed by atoms with Gasteiger partial charge in [-0.3, -0.25) is 0 Å². The van der Waals surface area contributed by atoms with Gasteiger partial charge >= 0.3 is 0 Å². The number of benzene rings is 1. The Hall–Kier alpha value is -2.06. The largest absolute Gasteiger partial charge is 0.492 e.